The van der Waals surface area contributed by atoms with E-state index in [9.17, 15) is 0 Å². The Bertz CT molecular complexity index is 106. The van der Waals surface area contributed by atoms with Crippen LogP contribution in [0.25, 0.3) is 0 Å². The molecule has 1 atom stereocenters. The van der Waals surface area contributed by atoms with Crippen molar-refractivity contribution in [1.29, 1.82) is 0 Å². The zero-order valence-corrected chi connectivity index (χ0v) is 7.56. The molecule has 0 aromatic carbocycles. The van der Waals surface area contributed by atoms with Crippen LogP contribution in [0.15, 0.2) is 0 Å². The zero-order chi connectivity index (χ0) is 8.10. The lowest BCUT2D eigenvalue weighted by Crippen LogP contribution is -2.32. The van der Waals surface area contributed by atoms with Crippen molar-refractivity contribution in [2.45, 2.75) is 0 Å². The number of hydrogen-bond donors (Lipinski definition) is 2. The van der Waals surface area contributed by atoms with Gasteiger partial charge in [-0.15, -0.1) is 0 Å². The predicted octanol–water partition coefficient (Wildman–Crippen LogP) is -0.643. The van der Waals surface area contributed by atoms with E-state index >= 15 is 0 Å². The molecule has 1 unspecified atom stereocenters. The third-order valence-electron chi connectivity index (χ3n) is 2.17. The molecule has 0 aromatic rings. The second-order valence-corrected chi connectivity index (χ2v) is 3.39. The van der Waals surface area contributed by atoms with Crippen molar-refractivity contribution in [2.24, 2.45) is 5.92 Å². The van der Waals surface area contributed by atoms with Gasteiger partial charge in [-0.2, -0.15) is 0 Å². The molecule has 0 bridgehead atoms. The van der Waals surface area contributed by atoms with Crippen LogP contribution in [0, 0.1) is 5.92 Å². The third kappa shape index (κ3) is 3.18. The van der Waals surface area contributed by atoms with Gasteiger partial charge in [0, 0.05) is 32.7 Å². The molecule has 1 saturated heterocycles. The van der Waals surface area contributed by atoms with Crippen LogP contribution in [0.4, 0.5) is 0 Å². The number of nitrogens with zero attached hydrogens (tertiary/aromatic N) is 1. The maximum absolute atomic E-state index is 3.43. The highest BCUT2D eigenvalue weighted by atomic mass is 15.1. The Kier molecular flexibility index (Phi) is 3.83. The van der Waals surface area contributed by atoms with Gasteiger partial charge in [-0.3, -0.25) is 0 Å². The SMILES string of the molecule is CNCC1CNCCN(C)C1. The summed E-state index contributed by atoms with van der Waals surface area (Å²) in [5, 5.41) is 6.65. The van der Waals surface area contributed by atoms with Crippen LogP contribution in [0.5, 0.6) is 0 Å². The summed E-state index contributed by atoms with van der Waals surface area (Å²) in [4.78, 5) is 2.39. The third-order valence-corrected chi connectivity index (χ3v) is 2.17. The molecule has 66 valence electrons. The Morgan fingerprint density at radius 3 is 3.18 bits per heavy atom. The Hall–Kier alpha value is -0.120. The monoisotopic (exact) mass is 157 g/mol. The average Bonchev–Trinajstić information content (AvgIpc) is 2.15. The number of nitrogens with one attached hydrogen (secondary N) is 2. The molecule has 1 rings (SSSR count). The molecule has 0 aliphatic carbocycles. The molecule has 3 nitrogen and oxygen atoms in total. The van der Waals surface area contributed by atoms with Crippen molar-refractivity contribution in [3.8, 4) is 0 Å². The largest absolute Gasteiger partial charge is 0.319 e. The van der Waals surface area contributed by atoms with Crippen molar-refractivity contribution in [1.82, 2.24) is 15.5 Å². The maximum atomic E-state index is 3.43. The summed E-state index contributed by atoms with van der Waals surface area (Å²) in [6.45, 7) is 5.81. The number of rotatable bonds is 2. The molecule has 1 heterocycles. The topological polar surface area (TPSA) is 27.3 Å². The normalized spacial score (nSPS) is 28.4. The second-order valence-electron chi connectivity index (χ2n) is 3.39. The van der Waals surface area contributed by atoms with Gasteiger partial charge in [0.1, 0.15) is 0 Å². The molecule has 0 spiro atoms. The lowest BCUT2D eigenvalue weighted by Gasteiger charge is -2.18. The van der Waals surface area contributed by atoms with Crippen LogP contribution in [-0.4, -0.2) is 51.7 Å². The van der Waals surface area contributed by atoms with E-state index in [2.05, 4.69) is 22.6 Å². The summed E-state index contributed by atoms with van der Waals surface area (Å²) >= 11 is 0. The number of hydrogen-bond acceptors (Lipinski definition) is 3. The molecule has 1 fully saturated rings. The minimum atomic E-state index is 0.771. The molecule has 2 N–H and O–H groups in total. The van der Waals surface area contributed by atoms with Crippen molar-refractivity contribution < 1.29 is 0 Å². The highest BCUT2D eigenvalue weighted by Gasteiger charge is 2.13. The summed E-state index contributed by atoms with van der Waals surface area (Å²) in [5.74, 6) is 0.771. The van der Waals surface area contributed by atoms with Crippen molar-refractivity contribution >= 4 is 0 Å². The van der Waals surface area contributed by atoms with Gasteiger partial charge in [0.25, 0.3) is 0 Å². The fourth-order valence-electron chi connectivity index (χ4n) is 1.60. The lowest BCUT2D eigenvalue weighted by atomic mass is 10.1. The molecule has 0 aromatic heterocycles. The predicted molar refractivity (Wildman–Crippen MR) is 47.8 cm³/mol. The van der Waals surface area contributed by atoms with Gasteiger partial charge in [-0.05, 0) is 20.0 Å². The molecule has 1 aliphatic rings. The molecule has 3 heteroatoms. The summed E-state index contributed by atoms with van der Waals surface area (Å²) in [6.07, 6.45) is 0. The Labute approximate surface area is 69.1 Å². The van der Waals surface area contributed by atoms with E-state index in [-0.39, 0.29) is 0 Å². The van der Waals surface area contributed by atoms with Gasteiger partial charge in [0.2, 0.25) is 0 Å². The van der Waals surface area contributed by atoms with E-state index in [1.54, 1.807) is 0 Å². The standard InChI is InChI=1S/C8H19N3/c1-9-5-8-6-10-3-4-11(2)7-8/h8-10H,3-7H2,1-2H3. The van der Waals surface area contributed by atoms with E-state index in [0.717, 1.165) is 25.6 Å². The summed E-state index contributed by atoms with van der Waals surface area (Å²) in [6, 6.07) is 0. The number of likely N-dealkylation sites (N-methyl/N-ethyl adjacent to an activating group) is 1. The van der Waals surface area contributed by atoms with Crippen LogP contribution < -0.4 is 10.6 Å². The van der Waals surface area contributed by atoms with Crippen LogP contribution >= 0.6 is 0 Å². The summed E-state index contributed by atoms with van der Waals surface area (Å²) in [5.41, 5.74) is 0. The molecule has 0 radical (unpaired) electrons. The maximum Gasteiger partial charge on any atom is 0.0104 e. The minimum absolute atomic E-state index is 0.771. The van der Waals surface area contributed by atoms with Crippen molar-refractivity contribution in [2.75, 3.05) is 46.8 Å². The fourth-order valence-corrected chi connectivity index (χ4v) is 1.60. The highest BCUT2D eigenvalue weighted by molar-refractivity contribution is 4.72. The van der Waals surface area contributed by atoms with E-state index < -0.39 is 0 Å². The van der Waals surface area contributed by atoms with Crippen LogP contribution in [0.1, 0.15) is 0 Å². The Morgan fingerprint density at radius 2 is 2.45 bits per heavy atom. The van der Waals surface area contributed by atoms with Crippen LogP contribution in [0.2, 0.25) is 0 Å². The smallest absolute Gasteiger partial charge is 0.0104 e. The van der Waals surface area contributed by atoms with E-state index in [1.165, 1.54) is 13.1 Å². The van der Waals surface area contributed by atoms with Gasteiger partial charge in [-0.1, -0.05) is 0 Å². The van der Waals surface area contributed by atoms with E-state index in [1.807, 2.05) is 7.05 Å². The van der Waals surface area contributed by atoms with Gasteiger partial charge in [0.05, 0.1) is 0 Å². The van der Waals surface area contributed by atoms with E-state index in [4.69, 9.17) is 0 Å². The summed E-state index contributed by atoms with van der Waals surface area (Å²) < 4.78 is 0. The van der Waals surface area contributed by atoms with Crippen molar-refractivity contribution in [3.63, 3.8) is 0 Å². The van der Waals surface area contributed by atoms with Gasteiger partial charge < -0.3 is 15.5 Å². The quantitative estimate of drug-likeness (QED) is 0.558. The van der Waals surface area contributed by atoms with Gasteiger partial charge in [0.15, 0.2) is 0 Å². The molecule has 11 heavy (non-hydrogen) atoms. The Balaban J connectivity index is 2.27. The zero-order valence-electron chi connectivity index (χ0n) is 7.56. The van der Waals surface area contributed by atoms with Crippen LogP contribution in [-0.2, 0) is 0 Å². The average molecular weight is 157 g/mol. The molecular formula is C8H19N3. The first-order chi connectivity index (χ1) is 5.33. The second kappa shape index (κ2) is 4.70. The minimum Gasteiger partial charge on any atom is -0.319 e. The Morgan fingerprint density at radius 1 is 1.64 bits per heavy atom. The lowest BCUT2D eigenvalue weighted by molar-refractivity contribution is 0.307. The van der Waals surface area contributed by atoms with E-state index in [0.29, 0.717) is 0 Å². The molecule has 0 amide bonds. The van der Waals surface area contributed by atoms with Crippen molar-refractivity contribution in [3.05, 3.63) is 0 Å². The molecular weight excluding hydrogens is 138 g/mol. The molecule has 1 aliphatic heterocycles. The summed E-state index contributed by atoms with van der Waals surface area (Å²) in [7, 11) is 4.21. The first kappa shape index (κ1) is 8.97. The first-order valence-electron chi connectivity index (χ1n) is 4.37. The fraction of sp³-hybridized carbons (Fsp3) is 1.00. The van der Waals surface area contributed by atoms with Gasteiger partial charge >= 0.3 is 0 Å². The first-order valence-corrected chi connectivity index (χ1v) is 4.37. The highest BCUT2D eigenvalue weighted by Crippen LogP contribution is 1.99. The van der Waals surface area contributed by atoms with Gasteiger partial charge in [-0.25, -0.2) is 0 Å². The molecule has 0 saturated carbocycles. The van der Waals surface area contributed by atoms with Crippen LogP contribution in [0.3, 0.4) is 0 Å².